The van der Waals surface area contributed by atoms with Crippen LogP contribution in [0.1, 0.15) is 28.9 Å². The molecule has 1 N–H and O–H groups in total. The molecule has 2 heterocycles. The number of aromatic carboxylic acids is 1. The quantitative estimate of drug-likeness (QED) is 0.910. The molecule has 3 rings (SSSR count). The first-order valence-corrected chi connectivity index (χ1v) is 8.72. The fourth-order valence-corrected chi connectivity index (χ4v) is 5.82. The van der Waals surface area contributed by atoms with Gasteiger partial charge in [-0.2, -0.15) is 4.31 Å². The third-order valence-electron chi connectivity index (χ3n) is 3.79. The number of fused-ring (bicyclic) bond motifs is 1. The molecule has 0 bridgehead atoms. The largest absolute Gasteiger partial charge is 0.477 e. The van der Waals surface area contributed by atoms with Crippen LogP contribution in [-0.2, 0) is 14.8 Å². The summed E-state index contributed by atoms with van der Waals surface area (Å²) in [4.78, 5) is 10.9. The van der Waals surface area contributed by atoms with Crippen LogP contribution in [0.3, 0.4) is 0 Å². The Balaban J connectivity index is 1.92. The van der Waals surface area contributed by atoms with Crippen LogP contribution in [0, 0.1) is 0 Å². The average molecular weight is 317 g/mol. The SMILES string of the molecule is O=C(O)c1ccc(S(=O)(=O)N2CCOC3CCCC32)s1. The van der Waals surface area contributed by atoms with E-state index in [1.54, 1.807) is 0 Å². The minimum absolute atomic E-state index is 0.0163. The Morgan fingerprint density at radius 1 is 1.40 bits per heavy atom. The average Bonchev–Trinajstić information content (AvgIpc) is 3.07. The number of carbonyl (C=O) groups is 1. The maximum atomic E-state index is 12.7. The third-order valence-corrected chi connectivity index (χ3v) is 7.25. The predicted octanol–water partition coefficient (Wildman–Crippen LogP) is 1.39. The molecular formula is C12H15NO5S2. The van der Waals surface area contributed by atoms with Crippen LogP contribution < -0.4 is 0 Å². The van der Waals surface area contributed by atoms with Crippen LogP contribution in [0.25, 0.3) is 0 Å². The molecule has 6 nitrogen and oxygen atoms in total. The van der Waals surface area contributed by atoms with Gasteiger partial charge in [-0.15, -0.1) is 11.3 Å². The van der Waals surface area contributed by atoms with Crippen LogP contribution >= 0.6 is 11.3 Å². The Morgan fingerprint density at radius 3 is 2.90 bits per heavy atom. The van der Waals surface area contributed by atoms with Crippen molar-refractivity contribution in [3.8, 4) is 0 Å². The molecule has 2 atom stereocenters. The topological polar surface area (TPSA) is 83.9 Å². The lowest BCUT2D eigenvalue weighted by Crippen LogP contribution is -2.50. The van der Waals surface area contributed by atoms with Crippen LogP contribution in [0.15, 0.2) is 16.3 Å². The highest BCUT2D eigenvalue weighted by atomic mass is 32.2. The number of hydrogen-bond acceptors (Lipinski definition) is 5. The van der Waals surface area contributed by atoms with Crippen molar-refractivity contribution in [1.29, 1.82) is 0 Å². The molecular weight excluding hydrogens is 302 g/mol. The molecule has 2 unspecified atom stereocenters. The molecule has 0 spiro atoms. The summed E-state index contributed by atoms with van der Waals surface area (Å²) in [7, 11) is -3.62. The molecule has 1 saturated carbocycles. The van der Waals surface area contributed by atoms with Gasteiger partial charge in [0.25, 0.3) is 10.0 Å². The van der Waals surface area contributed by atoms with Gasteiger partial charge in [0.05, 0.1) is 18.8 Å². The molecule has 20 heavy (non-hydrogen) atoms. The normalized spacial score (nSPS) is 27.4. The molecule has 0 radical (unpaired) electrons. The van der Waals surface area contributed by atoms with Gasteiger partial charge >= 0.3 is 5.97 Å². The third kappa shape index (κ3) is 2.26. The number of ether oxygens (including phenoxy) is 1. The summed E-state index contributed by atoms with van der Waals surface area (Å²) in [5.41, 5.74) is 0. The molecule has 2 fully saturated rings. The molecule has 1 aromatic rings. The zero-order valence-electron chi connectivity index (χ0n) is 10.7. The Labute approximate surface area is 121 Å². The van der Waals surface area contributed by atoms with E-state index >= 15 is 0 Å². The van der Waals surface area contributed by atoms with Crippen molar-refractivity contribution < 1.29 is 23.1 Å². The van der Waals surface area contributed by atoms with E-state index in [1.807, 2.05) is 0 Å². The van der Waals surface area contributed by atoms with Gasteiger partial charge in [-0.1, -0.05) is 0 Å². The van der Waals surface area contributed by atoms with Crippen molar-refractivity contribution in [3.63, 3.8) is 0 Å². The molecule has 1 aliphatic carbocycles. The number of thiophene rings is 1. The molecule has 8 heteroatoms. The highest BCUT2D eigenvalue weighted by molar-refractivity contribution is 7.91. The van der Waals surface area contributed by atoms with Gasteiger partial charge in [-0.05, 0) is 31.4 Å². The van der Waals surface area contributed by atoms with Gasteiger partial charge in [0.15, 0.2) is 0 Å². The van der Waals surface area contributed by atoms with Crippen LogP contribution in [0.2, 0.25) is 0 Å². The van der Waals surface area contributed by atoms with Crippen molar-refractivity contribution in [2.75, 3.05) is 13.2 Å². The Kier molecular flexibility index (Phi) is 3.57. The summed E-state index contributed by atoms with van der Waals surface area (Å²) in [6.45, 7) is 0.737. The fourth-order valence-electron chi connectivity index (χ4n) is 2.88. The summed E-state index contributed by atoms with van der Waals surface area (Å²) in [6.07, 6.45) is 2.65. The Morgan fingerprint density at radius 2 is 2.20 bits per heavy atom. The number of carboxylic acids is 1. The predicted molar refractivity (Wildman–Crippen MR) is 72.5 cm³/mol. The summed E-state index contributed by atoms with van der Waals surface area (Å²) in [6, 6.07) is 2.61. The Hall–Kier alpha value is -0.960. The number of morpholine rings is 1. The summed E-state index contributed by atoms with van der Waals surface area (Å²) < 4.78 is 32.5. The van der Waals surface area contributed by atoms with Gasteiger partial charge in [-0.25, -0.2) is 13.2 Å². The van der Waals surface area contributed by atoms with Gasteiger partial charge in [-0.3, -0.25) is 0 Å². The van der Waals surface area contributed by atoms with Crippen molar-refractivity contribution in [1.82, 2.24) is 4.31 Å². The zero-order chi connectivity index (χ0) is 14.3. The summed E-state index contributed by atoms with van der Waals surface area (Å²) in [5, 5.41) is 8.91. The lowest BCUT2D eigenvalue weighted by Gasteiger charge is -2.36. The highest BCUT2D eigenvalue weighted by Gasteiger charge is 2.42. The van der Waals surface area contributed by atoms with Crippen LogP contribution in [-0.4, -0.2) is 49.1 Å². The molecule has 1 saturated heterocycles. The number of carboxylic acid groups (broad SMARTS) is 1. The van der Waals surface area contributed by atoms with E-state index in [-0.39, 0.29) is 21.2 Å². The first-order valence-electron chi connectivity index (χ1n) is 6.47. The van der Waals surface area contributed by atoms with Crippen molar-refractivity contribution in [2.45, 2.75) is 35.6 Å². The van der Waals surface area contributed by atoms with E-state index in [4.69, 9.17) is 9.84 Å². The van der Waals surface area contributed by atoms with Crippen LogP contribution in [0.4, 0.5) is 0 Å². The minimum Gasteiger partial charge on any atom is -0.477 e. The monoisotopic (exact) mass is 317 g/mol. The number of rotatable bonds is 3. The van der Waals surface area contributed by atoms with Crippen molar-refractivity contribution in [2.24, 2.45) is 0 Å². The summed E-state index contributed by atoms with van der Waals surface area (Å²) in [5.74, 6) is -1.10. The maximum absolute atomic E-state index is 12.7. The molecule has 1 aromatic heterocycles. The lowest BCUT2D eigenvalue weighted by atomic mass is 10.2. The second kappa shape index (κ2) is 5.10. The van der Waals surface area contributed by atoms with E-state index in [1.165, 1.54) is 16.4 Å². The van der Waals surface area contributed by atoms with Gasteiger partial charge in [0, 0.05) is 6.54 Å². The smallest absolute Gasteiger partial charge is 0.345 e. The van der Waals surface area contributed by atoms with E-state index in [0.717, 1.165) is 30.6 Å². The minimum atomic E-state index is -3.62. The second-order valence-corrected chi connectivity index (χ2v) is 8.15. The molecule has 110 valence electrons. The van der Waals surface area contributed by atoms with Gasteiger partial charge < -0.3 is 9.84 Å². The summed E-state index contributed by atoms with van der Waals surface area (Å²) >= 11 is 0.806. The van der Waals surface area contributed by atoms with Gasteiger partial charge in [0.1, 0.15) is 9.09 Å². The first kappa shape index (κ1) is 14.0. The van der Waals surface area contributed by atoms with E-state index < -0.39 is 16.0 Å². The standard InChI is InChI=1S/C12H15NO5S2/c14-12(15)10-4-5-11(19-10)20(16,17)13-6-7-18-9-3-1-2-8(9)13/h4-5,8-9H,1-3,6-7H2,(H,14,15). The number of sulfonamides is 1. The Bertz CT molecular complexity index is 624. The lowest BCUT2D eigenvalue weighted by molar-refractivity contribution is -0.0241. The molecule has 1 aliphatic heterocycles. The number of nitrogens with zero attached hydrogens (tertiary/aromatic N) is 1. The van der Waals surface area contributed by atoms with E-state index in [2.05, 4.69) is 0 Å². The number of hydrogen-bond donors (Lipinski definition) is 1. The van der Waals surface area contributed by atoms with Crippen molar-refractivity contribution >= 4 is 27.3 Å². The molecule has 0 amide bonds. The van der Waals surface area contributed by atoms with Gasteiger partial charge in [0.2, 0.25) is 0 Å². The zero-order valence-corrected chi connectivity index (χ0v) is 12.3. The van der Waals surface area contributed by atoms with Crippen molar-refractivity contribution in [3.05, 3.63) is 17.0 Å². The molecule has 2 aliphatic rings. The molecule has 0 aromatic carbocycles. The first-order chi connectivity index (χ1) is 9.50. The highest BCUT2D eigenvalue weighted by Crippen LogP contribution is 2.35. The maximum Gasteiger partial charge on any atom is 0.345 e. The fraction of sp³-hybridized carbons (Fsp3) is 0.583. The van der Waals surface area contributed by atoms with E-state index in [0.29, 0.717) is 13.2 Å². The van der Waals surface area contributed by atoms with Crippen LogP contribution in [0.5, 0.6) is 0 Å². The van der Waals surface area contributed by atoms with E-state index in [9.17, 15) is 13.2 Å². The second-order valence-electron chi connectivity index (χ2n) is 4.95.